The summed E-state index contributed by atoms with van der Waals surface area (Å²) in [4.78, 5) is 15.7. The van der Waals surface area contributed by atoms with Gasteiger partial charge in [0.05, 0.1) is 31.1 Å². The molecule has 1 aromatic rings. The van der Waals surface area contributed by atoms with Crippen molar-refractivity contribution in [2.75, 3.05) is 13.2 Å². The number of rotatable bonds is 7. The van der Waals surface area contributed by atoms with E-state index in [1.54, 1.807) is 6.92 Å². The maximum absolute atomic E-state index is 13.6. The third kappa shape index (κ3) is 6.06. The molecule has 1 saturated heterocycles. The number of alkyl halides is 4. The highest BCUT2D eigenvalue weighted by molar-refractivity contribution is 5.82. The Bertz CT molecular complexity index is 619. The van der Waals surface area contributed by atoms with Gasteiger partial charge in [-0.05, 0) is 6.92 Å². The number of ether oxygens (including phenoxy) is 2. The lowest BCUT2D eigenvalue weighted by atomic mass is 10.1. The summed E-state index contributed by atoms with van der Waals surface area (Å²) in [6.07, 6.45) is -5.03. The van der Waals surface area contributed by atoms with Crippen molar-refractivity contribution in [3.8, 4) is 5.75 Å². The van der Waals surface area contributed by atoms with Crippen molar-refractivity contribution in [2.45, 2.75) is 44.5 Å². The molecule has 2 N–H and O–H groups in total. The molecule has 2 heterocycles. The molecule has 11 heteroatoms. The molecule has 0 aromatic carbocycles. The Kier molecular flexibility index (Phi) is 6.70. The van der Waals surface area contributed by atoms with Crippen molar-refractivity contribution in [2.24, 2.45) is 0 Å². The third-order valence-electron chi connectivity index (χ3n) is 3.71. The fraction of sp³-hybridized carbons (Fsp3) is 0.600. The summed E-state index contributed by atoms with van der Waals surface area (Å²) in [7, 11) is 0. The highest BCUT2D eigenvalue weighted by Crippen LogP contribution is 2.19. The fourth-order valence-electron chi connectivity index (χ4n) is 2.38. The van der Waals surface area contributed by atoms with Gasteiger partial charge < -0.3 is 15.4 Å². The first-order valence-electron chi connectivity index (χ1n) is 7.81. The quantitative estimate of drug-likeness (QED) is 0.555. The number of pyridine rings is 1. The molecule has 26 heavy (non-hydrogen) atoms. The van der Waals surface area contributed by atoms with Crippen LogP contribution in [0.4, 0.5) is 22.0 Å². The smallest absolute Gasteiger partial charge is 0.488 e. The van der Waals surface area contributed by atoms with Gasteiger partial charge in [-0.1, -0.05) is 0 Å². The Morgan fingerprint density at radius 3 is 2.77 bits per heavy atom. The summed E-state index contributed by atoms with van der Waals surface area (Å²) in [5, 5.41) is 5.34. The number of hydrogen-bond donors (Lipinski definition) is 2. The Labute approximate surface area is 146 Å². The van der Waals surface area contributed by atoms with Crippen molar-refractivity contribution in [1.82, 2.24) is 15.6 Å². The van der Waals surface area contributed by atoms with E-state index in [-0.39, 0.29) is 24.4 Å². The second-order valence-electron chi connectivity index (χ2n) is 5.73. The van der Waals surface area contributed by atoms with Crippen LogP contribution >= 0.6 is 0 Å². The third-order valence-corrected chi connectivity index (χ3v) is 3.71. The molecule has 1 amide bonds. The van der Waals surface area contributed by atoms with Gasteiger partial charge in [-0.15, -0.1) is 13.2 Å². The van der Waals surface area contributed by atoms with Crippen molar-refractivity contribution in [3.05, 3.63) is 23.8 Å². The number of nitrogens with one attached hydrogen (secondary N) is 2. The van der Waals surface area contributed by atoms with Gasteiger partial charge in [0.2, 0.25) is 5.91 Å². The van der Waals surface area contributed by atoms with Crippen molar-refractivity contribution in [1.29, 1.82) is 0 Å². The zero-order valence-corrected chi connectivity index (χ0v) is 13.8. The number of carbonyl (C=O) groups excluding carboxylic acids is 1. The number of amides is 1. The van der Waals surface area contributed by atoms with Gasteiger partial charge in [-0.3, -0.25) is 14.5 Å². The molecular weight excluding hydrogens is 365 g/mol. The highest BCUT2D eigenvalue weighted by atomic mass is 19.4. The number of hydrogen-bond acceptors (Lipinski definition) is 5. The van der Waals surface area contributed by atoms with Gasteiger partial charge in [-0.25, -0.2) is 8.78 Å². The molecule has 0 spiro atoms. The summed E-state index contributed by atoms with van der Waals surface area (Å²) in [5.41, 5.74) is 0.231. The van der Waals surface area contributed by atoms with Crippen LogP contribution in [0.3, 0.4) is 0 Å². The molecule has 1 aliphatic heterocycles. The van der Waals surface area contributed by atoms with Crippen LogP contribution in [0.2, 0.25) is 0 Å². The van der Waals surface area contributed by atoms with E-state index in [0.29, 0.717) is 0 Å². The first kappa shape index (κ1) is 20.3. The van der Waals surface area contributed by atoms with Gasteiger partial charge in [0.15, 0.2) is 11.6 Å². The predicted octanol–water partition coefficient (Wildman–Crippen LogP) is 1.84. The van der Waals surface area contributed by atoms with E-state index in [2.05, 4.69) is 20.4 Å². The highest BCUT2D eigenvalue weighted by Gasteiger charge is 2.34. The van der Waals surface area contributed by atoms with Crippen LogP contribution in [-0.4, -0.2) is 48.7 Å². The number of halogens is 5. The molecule has 1 aliphatic rings. The van der Waals surface area contributed by atoms with E-state index >= 15 is 0 Å². The summed E-state index contributed by atoms with van der Waals surface area (Å²) in [6.45, 7) is 0.241. The largest absolute Gasteiger partial charge is 0.522 e. The van der Waals surface area contributed by atoms with Gasteiger partial charge in [0, 0.05) is 18.5 Å². The van der Waals surface area contributed by atoms with E-state index in [0.717, 1.165) is 12.3 Å². The Balaban J connectivity index is 1.83. The topological polar surface area (TPSA) is 72.5 Å². The molecule has 1 fully saturated rings. The fourth-order valence-corrected chi connectivity index (χ4v) is 2.38. The molecule has 0 saturated carbocycles. The van der Waals surface area contributed by atoms with E-state index in [4.69, 9.17) is 4.74 Å². The second kappa shape index (κ2) is 8.58. The first-order valence-corrected chi connectivity index (χ1v) is 7.81. The first-order chi connectivity index (χ1) is 12.2. The number of carbonyl (C=O) groups is 1. The van der Waals surface area contributed by atoms with Gasteiger partial charge in [0.25, 0.3) is 0 Å². The molecular formula is C15H18F5N3O3. The predicted molar refractivity (Wildman–Crippen MR) is 79.4 cm³/mol. The van der Waals surface area contributed by atoms with E-state index in [9.17, 15) is 26.7 Å². The zero-order valence-electron chi connectivity index (χ0n) is 13.8. The Hall–Kier alpha value is -2.01. The molecule has 6 nitrogen and oxygen atoms in total. The number of nitrogens with zero attached hydrogens (tertiary/aromatic N) is 1. The van der Waals surface area contributed by atoms with Crippen LogP contribution < -0.4 is 15.4 Å². The van der Waals surface area contributed by atoms with Crippen LogP contribution in [0.1, 0.15) is 19.0 Å². The summed E-state index contributed by atoms with van der Waals surface area (Å²) in [5.74, 6) is -1.60. The van der Waals surface area contributed by atoms with Gasteiger partial charge >= 0.3 is 6.36 Å². The minimum absolute atomic E-state index is 0.0530. The lowest BCUT2D eigenvalue weighted by molar-refractivity contribution is -0.325. The lowest BCUT2D eigenvalue weighted by Crippen LogP contribution is -2.42. The average Bonchev–Trinajstić information content (AvgIpc) is 2.90. The van der Waals surface area contributed by atoms with Crippen LogP contribution in [0.25, 0.3) is 0 Å². The second-order valence-corrected chi connectivity index (χ2v) is 5.73. The minimum Gasteiger partial charge on any atom is -0.488 e. The molecule has 2 rings (SSSR count). The van der Waals surface area contributed by atoms with Crippen molar-refractivity contribution >= 4 is 5.91 Å². The van der Waals surface area contributed by atoms with Crippen LogP contribution in [0, 0.1) is 5.82 Å². The average molecular weight is 383 g/mol. The van der Waals surface area contributed by atoms with Gasteiger partial charge in [-0.2, -0.15) is 0 Å². The summed E-state index contributed by atoms with van der Waals surface area (Å²) < 4.78 is 70.9. The Morgan fingerprint density at radius 2 is 2.15 bits per heavy atom. The SMILES string of the molecule is C[C@@H]1N[C@H](C(=O)NCc2cc(OCCOC(F)(F)F)c(F)cn2)C[C@H]1F. The van der Waals surface area contributed by atoms with E-state index < -0.39 is 49.6 Å². The minimum atomic E-state index is -4.79. The van der Waals surface area contributed by atoms with Crippen LogP contribution in [0.5, 0.6) is 5.75 Å². The Morgan fingerprint density at radius 1 is 1.42 bits per heavy atom. The van der Waals surface area contributed by atoms with Crippen molar-refractivity contribution in [3.63, 3.8) is 0 Å². The molecule has 3 atom stereocenters. The number of aromatic nitrogens is 1. The molecule has 0 unspecified atom stereocenters. The monoisotopic (exact) mass is 383 g/mol. The van der Waals surface area contributed by atoms with E-state index in [1.807, 2.05) is 0 Å². The standard InChI is InChI=1S/C15H18F5N3O3/c1-8-10(16)5-12(23-8)14(24)22-6-9-4-13(11(17)7-21-9)25-2-3-26-15(18,19)20/h4,7-8,10,12,23H,2-3,5-6H2,1H3,(H,22,24)/t8-,10+,12-/m0/s1. The molecule has 0 bridgehead atoms. The van der Waals surface area contributed by atoms with Crippen LogP contribution in [-0.2, 0) is 16.1 Å². The molecule has 0 radical (unpaired) electrons. The summed E-state index contributed by atoms with van der Waals surface area (Å²) in [6, 6.07) is 0.0654. The van der Waals surface area contributed by atoms with Crippen molar-refractivity contribution < 1.29 is 36.2 Å². The maximum Gasteiger partial charge on any atom is 0.522 e. The lowest BCUT2D eigenvalue weighted by Gasteiger charge is -2.13. The normalized spacial score (nSPS) is 23.1. The van der Waals surface area contributed by atoms with Gasteiger partial charge in [0.1, 0.15) is 12.8 Å². The zero-order chi connectivity index (χ0) is 19.3. The molecule has 146 valence electrons. The maximum atomic E-state index is 13.6. The molecule has 0 aliphatic carbocycles. The molecule has 1 aromatic heterocycles. The van der Waals surface area contributed by atoms with Crippen LogP contribution in [0.15, 0.2) is 12.3 Å². The van der Waals surface area contributed by atoms with E-state index in [1.165, 1.54) is 0 Å². The summed E-state index contributed by atoms with van der Waals surface area (Å²) >= 11 is 0.